The Hall–Kier alpha value is -0.370. The molecule has 10 heavy (non-hydrogen) atoms. The molecule has 1 nitrogen and oxygen atoms in total. The molecule has 0 spiro atoms. The predicted molar refractivity (Wildman–Crippen MR) is 48.2 cm³/mol. The average molecular weight is 155 g/mol. The molecule has 1 saturated heterocycles. The molecule has 1 rings (SSSR count). The molecule has 0 saturated carbocycles. The number of allylic oxidation sites excluding steroid dienone is 1. The summed E-state index contributed by atoms with van der Waals surface area (Å²) in [6.07, 6.45) is 6.78. The monoisotopic (exact) mass is 155 g/mol. The summed E-state index contributed by atoms with van der Waals surface area (Å²) in [6.45, 7) is 4.36. The van der Waals surface area contributed by atoms with Crippen LogP contribution in [-0.2, 0) is 0 Å². The molecular formula is C8H13NS. The Morgan fingerprint density at radius 2 is 2.00 bits per heavy atom. The van der Waals surface area contributed by atoms with Crippen LogP contribution < -0.4 is 0 Å². The lowest BCUT2D eigenvalue weighted by molar-refractivity contribution is 0.468. The largest absolute Gasteiger partial charge is 0.377 e. The third-order valence-electron chi connectivity index (χ3n) is 1.66. The smallest absolute Gasteiger partial charge is 0.0173 e. The number of nitrogens with zero attached hydrogens (tertiary/aromatic N) is 1. The highest BCUT2D eigenvalue weighted by molar-refractivity contribution is 7.80. The van der Waals surface area contributed by atoms with Gasteiger partial charge in [-0.25, -0.2) is 0 Å². The molecule has 1 aliphatic heterocycles. The van der Waals surface area contributed by atoms with Crippen molar-refractivity contribution in [3.05, 3.63) is 12.3 Å². The molecular weight excluding hydrogens is 142 g/mol. The summed E-state index contributed by atoms with van der Waals surface area (Å²) in [7, 11) is 0. The molecule has 0 amide bonds. The van der Waals surface area contributed by atoms with Gasteiger partial charge in [0, 0.05) is 24.2 Å². The Kier molecular flexibility index (Phi) is 2.87. The summed E-state index contributed by atoms with van der Waals surface area (Å²) >= 11 is 4.92. The van der Waals surface area contributed by atoms with Crippen molar-refractivity contribution in [3.8, 4) is 0 Å². The molecule has 0 radical (unpaired) electrons. The fourth-order valence-corrected chi connectivity index (χ4v) is 1.16. The second-order valence-corrected chi connectivity index (χ2v) is 3.31. The van der Waals surface area contributed by atoms with Gasteiger partial charge in [0.2, 0.25) is 0 Å². The van der Waals surface area contributed by atoms with Crippen LogP contribution in [0.1, 0.15) is 19.8 Å². The minimum Gasteiger partial charge on any atom is -0.377 e. The van der Waals surface area contributed by atoms with E-state index in [2.05, 4.69) is 11.1 Å². The van der Waals surface area contributed by atoms with E-state index >= 15 is 0 Å². The zero-order valence-corrected chi connectivity index (χ0v) is 7.16. The summed E-state index contributed by atoms with van der Waals surface area (Å²) in [5, 5.41) is 0. The van der Waals surface area contributed by atoms with Gasteiger partial charge in [-0.3, -0.25) is 0 Å². The molecule has 2 heteroatoms. The fourth-order valence-electron chi connectivity index (χ4n) is 1.10. The van der Waals surface area contributed by atoms with Gasteiger partial charge in [-0.1, -0.05) is 12.2 Å². The molecule has 0 aromatic rings. The van der Waals surface area contributed by atoms with Gasteiger partial charge in [0.1, 0.15) is 0 Å². The van der Waals surface area contributed by atoms with Gasteiger partial charge in [0.25, 0.3) is 0 Å². The first kappa shape index (κ1) is 7.73. The molecule has 0 aromatic heterocycles. The van der Waals surface area contributed by atoms with Crippen molar-refractivity contribution in [1.29, 1.82) is 0 Å². The van der Waals surface area contributed by atoms with Crippen LogP contribution >= 0.6 is 12.2 Å². The zero-order chi connectivity index (χ0) is 7.40. The summed E-state index contributed by atoms with van der Waals surface area (Å²) in [4.78, 5) is 3.28. The number of rotatable bonds is 2. The molecule has 0 atom stereocenters. The highest BCUT2D eigenvalue weighted by atomic mass is 32.1. The number of hydrogen-bond acceptors (Lipinski definition) is 2. The third kappa shape index (κ3) is 2.48. The lowest BCUT2D eigenvalue weighted by Crippen LogP contribution is -2.10. The predicted octanol–water partition coefficient (Wildman–Crippen LogP) is 1.99. The molecule has 0 aromatic carbocycles. The van der Waals surface area contributed by atoms with Crippen LogP contribution in [0, 0.1) is 0 Å². The van der Waals surface area contributed by atoms with E-state index in [-0.39, 0.29) is 0 Å². The summed E-state index contributed by atoms with van der Waals surface area (Å²) in [5.41, 5.74) is 0. The number of hydrogen-bond donors (Lipinski definition) is 0. The van der Waals surface area contributed by atoms with Gasteiger partial charge in [-0.05, 0) is 25.8 Å². The quantitative estimate of drug-likeness (QED) is 0.443. The summed E-state index contributed by atoms with van der Waals surface area (Å²) in [5.74, 6) is 0. The standard InChI is InChI=1S/C8H13NS/c1-8(10)4-7-9-5-2-3-6-9/h4,7H,2-3,5-6H2,1H3. The van der Waals surface area contributed by atoms with E-state index in [1.165, 1.54) is 25.9 Å². The van der Waals surface area contributed by atoms with Crippen molar-refractivity contribution in [3.63, 3.8) is 0 Å². The molecule has 0 N–H and O–H groups in total. The number of likely N-dealkylation sites (tertiary alicyclic amines) is 1. The molecule has 0 aliphatic carbocycles. The SMILES string of the molecule is CC(=S)C=CN1CCCC1. The number of thiocarbonyl (C=S) groups is 1. The van der Waals surface area contributed by atoms with E-state index in [9.17, 15) is 0 Å². The van der Waals surface area contributed by atoms with Gasteiger partial charge >= 0.3 is 0 Å². The van der Waals surface area contributed by atoms with Gasteiger partial charge in [-0.15, -0.1) is 0 Å². The topological polar surface area (TPSA) is 3.24 Å². The van der Waals surface area contributed by atoms with E-state index < -0.39 is 0 Å². The Labute approximate surface area is 67.7 Å². The van der Waals surface area contributed by atoms with Gasteiger partial charge in [0.05, 0.1) is 0 Å². The van der Waals surface area contributed by atoms with E-state index in [0.717, 1.165) is 4.86 Å². The molecule has 56 valence electrons. The average Bonchev–Trinajstić information content (AvgIpc) is 2.34. The van der Waals surface area contributed by atoms with Crippen LogP contribution in [0.2, 0.25) is 0 Å². The Morgan fingerprint density at radius 1 is 1.40 bits per heavy atom. The summed E-state index contributed by atoms with van der Waals surface area (Å²) < 4.78 is 0. The second kappa shape index (κ2) is 3.71. The van der Waals surface area contributed by atoms with E-state index in [0.29, 0.717) is 0 Å². The van der Waals surface area contributed by atoms with Gasteiger partial charge in [0.15, 0.2) is 0 Å². The van der Waals surface area contributed by atoms with Crippen LogP contribution in [-0.4, -0.2) is 22.9 Å². The van der Waals surface area contributed by atoms with Crippen molar-refractivity contribution >= 4 is 17.1 Å². The van der Waals surface area contributed by atoms with Crippen molar-refractivity contribution < 1.29 is 0 Å². The van der Waals surface area contributed by atoms with Gasteiger partial charge < -0.3 is 4.90 Å². The maximum Gasteiger partial charge on any atom is 0.0173 e. The van der Waals surface area contributed by atoms with Crippen molar-refractivity contribution in [2.24, 2.45) is 0 Å². The maximum atomic E-state index is 4.92. The fraction of sp³-hybridized carbons (Fsp3) is 0.625. The highest BCUT2D eigenvalue weighted by Gasteiger charge is 2.05. The lowest BCUT2D eigenvalue weighted by atomic mass is 10.4. The van der Waals surface area contributed by atoms with Crippen LogP contribution in [0.5, 0.6) is 0 Å². The minimum absolute atomic E-state index is 0.965. The van der Waals surface area contributed by atoms with Crippen molar-refractivity contribution in [2.45, 2.75) is 19.8 Å². The minimum atomic E-state index is 0.965. The van der Waals surface area contributed by atoms with E-state index in [1.54, 1.807) is 0 Å². The Morgan fingerprint density at radius 3 is 2.50 bits per heavy atom. The van der Waals surface area contributed by atoms with Crippen LogP contribution in [0.25, 0.3) is 0 Å². The van der Waals surface area contributed by atoms with Crippen molar-refractivity contribution in [2.75, 3.05) is 13.1 Å². The first-order valence-electron chi connectivity index (χ1n) is 3.72. The van der Waals surface area contributed by atoms with Gasteiger partial charge in [-0.2, -0.15) is 0 Å². The first-order valence-corrected chi connectivity index (χ1v) is 4.13. The molecule has 1 aliphatic rings. The van der Waals surface area contributed by atoms with Crippen molar-refractivity contribution in [1.82, 2.24) is 4.90 Å². The zero-order valence-electron chi connectivity index (χ0n) is 6.34. The lowest BCUT2D eigenvalue weighted by Gasteiger charge is -2.09. The highest BCUT2D eigenvalue weighted by Crippen LogP contribution is 2.06. The third-order valence-corrected chi connectivity index (χ3v) is 1.80. The molecule has 0 unspecified atom stereocenters. The Bertz CT molecular complexity index is 145. The molecule has 0 bridgehead atoms. The van der Waals surface area contributed by atoms with Crippen LogP contribution in [0.4, 0.5) is 0 Å². The maximum absolute atomic E-state index is 4.92. The van der Waals surface area contributed by atoms with Crippen LogP contribution in [0.15, 0.2) is 12.3 Å². The molecule has 1 fully saturated rings. The Balaban J connectivity index is 2.29. The van der Waals surface area contributed by atoms with E-state index in [1.807, 2.05) is 13.0 Å². The van der Waals surface area contributed by atoms with E-state index in [4.69, 9.17) is 12.2 Å². The van der Waals surface area contributed by atoms with Crippen LogP contribution in [0.3, 0.4) is 0 Å². The first-order chi connectivity index (χ1) is 4.79. The summed E-state index contributed by atoms with van der Waals surface area (Å²) in [6, 6.07) is 0. The second-order valence-electron chi connectivity index (χ2n) is 2.67. The normalized spacial score (nSPS) is 18.7. The molecule has 1 heterocycles.